The lowest BCUT2D eigenvalue weighted by Gasteiger charge is -2.11. The smallest absolute Gasteiger partial charge is 0.238 e. The molecule has 8 rings (SSSR count). The van der Waals surface area contributed by atoms with Gasteiger partial charge in [0, 0.05) is 27.3 Å². The number of hydrogen-bond acceptors (Lipinski definition) is 4. The lowest BCUT2D eigenvalue weighted by atomic mass is 10.1. The fourth-order valence-corrected chi connectivity index (χ4v) is 5.70. The maximum Gasteiger partial charge on any atom is 0.238 e. The third-order valence-electron chi connectivity index (χ3n) is 7.56. The molecule has 0 radical (unpaired) electrons. The molecular weight excluding hydrogens is 492 g/mol. The van der Waals surface area contributed by atoms with Gasteiger partial charge in [0.1, 0.15) is 11.2 Å². The highest BCUT2D eigenvalue weighted by atomic mass is 16.3. The molecule has 0 fully saturated rings. The number of aryl methyl sites for hydroxylation is 2. The number of nitrogens with zero attached hydrogens (tertiary/aromatic N) is 4. The summed E-state index contributed by atoms with van der Waals surface area (Å²) < 4.78 is 8.53. The van der Waals surface area contributed by atoms with Gasteiger partial charge in [-0.15, -0.1) is 0 Å². The van der Waals surface area contributed by atoms with Crippen molar-refractivity contribution in [2.45, 2.75) is 13.8 Å². The summed E-state index contributed by atoms with van der Waals surface area (Å²) in [6, 6.07) is 37.3. The summed E-state index contributed by atoms with van der Waals surface area (Å²) >= 11 is 0. The van der Waals surface area contributed by atoms with Gasteiger partial charge >= 0.3 is 0 Å². The first-order valence-electron chi connectivity index (χ1n) is 13.4. The van der Waals surface area contributed by atoms with E-state index in [2.05, 4.69) is 66.9 Å². The molecule has 8 aromatic rings. The SMILES string of the molecule is Cc1ccc2oc3ccc4c5cc(C)ccc5n(-c5nc(-c6ccccc6)nc(-c6ccccc6)n5)c4c3c2c1. The summed E-state index contributed by atoms with van der Waals surface area (Å²) in [6.45, 7) is 4.24. The minimum absolute atomic E-state index is 0.575. The highest BCUT2D eigenvalue weighted by Crippen LogP contribution is 2.41. The Morgan fingerprint density at radius 2 is 1.15 bits per heavy atom. The van der Waals surface area contributed by atoms with Crippen molar-refractivity contribution in [3.05, 3.63) is 120 Å². The highest BCUT2D eigenvalue weighted by Gasteiger charge is 2.22. The number of rotatable bonds is 3. The van der Waals surface area contributed by atoms with Gasteiger partial charge < -0.3 is 4.42 Å². The van der Waals surface area contributed by atoms with E-state index < -0.39 is 0 Å². The predicted molar refractivity (Wildman–Crippen MR) is 162 cm³/mol. The van der Waals surface area contributed by atoms with Gasteiger partial charge in [0.2, 0.25) is 5.95 Å². The first-order chi connectivity index (χ1) is 19.6. The Balaban J connectivity index is 1.55. The van der Waals surface area contributed by atoms with Crippen molar-refractivity contribution in [2.24, 2.45) is 0 Å². The molecule has 190 valence electrons. The van der Waals surface area contributed by atoms with Crippen molar-refractivity contribution in [1.29, 1.82) is 0 Å². The molecule has 0 N–H and O–H groups in total. The molecule has 0 saturated heterocycles. The van der Waals surface area contributed by atoms with Gasteiger partial charge in [-0.2, -0.15) is 9.97 Å². The standard InChI is InChI=1S/C35H24N4O/c1-21-13-16-28-26(19-21)25-15-18-30-31(27-20-22(2)14-17-29(27)40-30)32(25)39(28)35-37-33(23-9-5-3-6-10-23)36-34(38-35)24-11-7-4-8-12-24/h3-20H,1-2H3. The minimum Gasteiger partial charge on any atom is -0.456 e. The summed E-state index contributed by atoms with van der Waals surface area (Å²) in [6.07, 6.45) is 0. The molecule has 3 heterocycles. The first kappa shape index (κ1) is 22.7. The van der Waals surface area contributed by atoms with Gasteiger partial charge in [-0.3, -0.25) is 4.57 Å². The second-order valence-corrected chi connectivity index (χ2v) is 10.3. The lowest BCUT2D eigenvalue weighted by molar-refractivity contribution is 0.669. The Morgan fingerprint density at radius 3 is 1.82 bits per heavy atom. The van der Waals surface area contributed by atoms with E-state index in [9.17, 15) is 0 Å². The van der Waals surface area contributed by atoms with E-state index in [1.165, 1.54) is 11.1 Å². The van der Waals surface area contributed by atoms with E-state index in [1.54, 1.807) is 0 Å². The average molecular weight is 517 g/mol. The molecule has 0 aliphatic rings. The van der Waals surface area contributed by atoms with Gasteiger partial charge in [0.05, 0.1) is 16.4 Å². The van der Waals surface area contributed by atoms with Crippen LogP contribution in [-0.2, 0) is 0 Å². The minimum atomic E-state index is 0.575. The molecule has 0 saturated carbocycles. The lowest BCUT2D eigenvalue weighted by Crippen LogP contribution is -2.06. The van der Waals surface area contributed by atoms with E-state index in [0.29, 0.717) is 17.6 Å². The summed E-state index contributed by atoms with van der Waals surface area (Å²) in [5.41, 5.74) is 8.05. The molecule has 0 atom stereocenters. The number of fused-ring (bicyclic) bond motifs is 7. The molecule has 0 bridgehead atoms. The first-order valence-corrected chi connectivity index (χ1v) is 13.4. The molecule has 5 heteroatoms. The van der Waals surface area contributed by atoms with Crippen LogP contribution < -0.4 is 0 Å². The van der Waals surface area contributed by atoms with E-state index in [-0.39, 0.29) is 0 Å². The molecule has 0 unspecified atom stereocenters. The summed E-state index contributed by atoms with van der Waals surface area (Å²) in [4.78, 5) is 15.1. The molecule has 0 aliphatic heterocycles. The molecule has 5 aromatic carbocycles. The fraction of sp³-hybridized carbons (Fsp3) is 0.0571. The molecule has 0 aliphatic carbocycles. The predicted octanol–water partition coefficient (Wildman–Crippen LogP) is 8.82. The van der Waals surface area contributed by atoms with E-state index in [1.807, 2.05) is 60.7 Å². The number of furan rings is 1. The van der Waals surface area contributed by atoms with Gasteiger partial charge in [-0.05, 0) is 50.2 Å². The molecule has 0 spiro atoms. The Hall–Kier alpha value is -5.29. The number of benzene rings is 5. The molecule has 40 heavy (non-hydrogen) atoms. The van der Waals surface area contributed by atoms with Crippen molar-refractivity contribution in [1.82, 2.24) is 19.5 Å². The zero-order valence-corrected chi connectivity index (χ0v) is 22.1. The van der Waals surface area contributed by atoms with Crippen LogP contribution in [0, 0.1) is 13.8 Å². The Bertz CT molecular complexity index is 2170. The second kappa shape index (κ2) is 8.61. The normalized spacial score (nSPS) is 11.8. The van der Waals surface area contributed by atoms with Crippen LogP contribution in [0.1, 0.15) is 11.1 Å². The van der Waals surface area contributed by atoms with Gasteiger partial charge in [0.15, 0.2) is 11.6 Å². The third kappa shape index (κ3) is 3.45. The summed E-state index contributed by atoms with van der Waals surface area (Å²) in [5, 5.41) is 4.44. The monoisotopic (exact) mass is 516 g/mol. The van der Waals surface area contributed by atoms with Gasteiger partial charge in [-0.1, -0.05) is 83.9 Å². The van der Waals surface area contributed by atoms with Crippen LogP contribution in [0.4, 0.5) is 0 Å². The van der Waals surface area contributed by atoms with Crippen LogP contribution >= 0.6 is 0 Å². The van der Waals surface area contributed by atoms with Crippen LogP contribution in [0.5, 0.6) is 0 Å². The number of aromatic nitrogens is 4. The maximum atomic E-state index is 6.35. The van der Waals surface area contributed by atoms with Crippen LogP contribution in [0.3, 0.4) is 0 Å². The molecule has 3 aromatic heterocycles. The Kier molecular flexibility index (Phi) is 4.88. The van der Waals surface area contributed by atoms with E-state index >= 15 is 0 Å². The Labute approximate surface area is 230 Å². The van der Waals surface area contributed by atoms with Crippen LogP contribution in [0.15, 0.2) is 114 Å². The van der Waals surface area contributed by atoms with Crippen molar-refractivity contribution in [3.63, 3.8) is 0 Å². The largest absolute Gasteiger partial charge is 0.456 e. The van der Waals surface area contributed by atoms with E-state index in [4.69, 9.17) is 19.4 Å². The zero-order chi connectivity index (χ0) is 26.8. The zero-order valence-electron chi connectivity index (χ0n) is 22.1. The fourth-order valence-electron chi connectivity index (χ4n) is 5.70. The van der Waals surface area contributed by atoms with Crippen LogP contribution in [-0.4, -0.2) is 19.5 Å². The quantitative estimate of drug-likeness (QED) is 0.235. The topological polar surface area (TPSA) is 56.7 Å². The van der Waals surface area contributed by atoms with Crippen molar-refractivity contribution < 1.29 is 4.42 Å². The van der Waals surface area contributed by atoms with Crippen LogP contribution in [0.25, 0.3) is 72.5 Å². The summed E-state index contributed by atoms with van der Waals surface area (Å²) in [7, 11) is 0. The van der Waals surface area contributed by atoms with Gasteiger partial charge in [0.25, 0.3) is 0 Å². The van der Waals surface area contributed by atoms with Crippen molar-refractivity contribution in [2.75, 3.05) is 0 Å². The van der Waals surface area contributed by atoms with Crippen LogP contribution in [0.2, 0.25) is 0 Å². The third-order valence-corrected chi connectivity index (χ3v) is 7.56. The molecular formula is C35H24N4O. The second-order valence-electron chi connectivity index (χ2n) is 10.3. The van der Waals surface area contributed by atoms with Crippen molar-refractivity contribution >= 4 is 43.7 Å². The number of hydrogen-bond donors (Lipinski definition) is 0. The Morgan fingerprint density at radius 1 is 0.550 bits per heavy atom. The molecule has 5 nitrogen and oxygen atoms in total. The average Bonchev–Trinajstić information content (AvgIpc) is 3.52. The summed E-state index contributed by atoms with van der Waals surface area (Å²) in [5.74, 6) is 1.84. The van der Waals surface area contributed by atoms with Crippen molar-refractivity contribution in [3.8, 4) is 28.7 Å². The van der Waals surface area contributed by atoms with E-state index in [0.717, 1.165) is 54.9 Å². The molecule has 0 amide bonds. The highest BCUT2D eigenvalue weighted by molar-refractivity contribution is 6.24. The maximum absolute atomic E-state index is 6.35. The van der Waals surface area contributed by atoms with Gasteiger partial charge in [-0.25, -0.2) is 4.98 Å².